The van der Waals surface area contributed by atoms with Crippen LogP contribution in [0.3, 0.4) is 0 Å². The molecule has 1 saturated heterocycles. The summed E-state index contributed by atoms with van der Waals surface area (Å²) in [7, 11) is 0. The van der Waals surface area contributed by atoms with Gasteiger partial charge < -0.3 is 5.32 Å². The number of benzene rings is 1. The lowest BCUT2D eigenvalue weighted by molar-refractivity contribution is 0.0898. The zero-order valence-electron chi connectivity index (χ0n) is 15.1. The van der Waals surface area contributed by atoms with E-state index >= 15 is 0 Å². The van der Waals surface area contributed by atoms with Gasteiger partial charge >= 0.3 is 0 Å². The van der Waals surface area contributed by atoms with Crippen molar-refractivity contribution in [1.82, 2.24) is 29.8 Å². The topological polar surface area (TPSA) is 75.4 Å². The van der Waals surface area contributed by atoms with Crippen molar-refractivity contribution in [3.8, 4) is 0 Å². The van der Waals surface area contributed by atoms with Crippen LogP contribution in [0.25, 0.3) is 5.78 Å². The number of likely N-dealkylation sites (tertiary alicyclic amines) is 1. The molecule has 0 radical (unpaired) electrons. The highest BCUT2D eigenvalue weighted by atomic mass is 19.1. The largest absolute Gasteiger partial charge is 0.346 e. The summed E-state index contributed by atoms with van der Waals surface area (Å²) >= 11 is 0. The number of nitrogens with one attached hydrogen (secondary N) is 1. The van der Waals surface area contributed by atoms with E-state index in [1.807, 2.05) is 25.1 Å². The van der Waals surface area contributed by atoms with E-state index < -0.39 is 0 Å². The molecular weight excluding hydrogens is 347 g/mol. The smallest absolute Gasteiger partial charge is 0.291 e. The van der Waals surface area contributed by atoms with Crippen LogP contribution in [0.15, 0.2) is 36.5 Å². The summed E-state index contributed by atoms with van der Waals surface area (Å²) in [6.07, 6.45) is 3.27. The first-order valence-corrected chi connectivity index (χ1v) is 9.05. The molecule has 1 aromatic carbocycles. The Morgan fingerprint density at radius 1 is 1.26 bits per heavy atom. The number of carbonyl (C=O) groups excluding carboxylic acids is 1. The number of carbonyl (C=O) groups is 1. The minimum atomic E-state index is -0.285. The van der Waals surface area contributed by atoms with E-state index in [2.05, 4.69) is 25.3 Å². The fourth-order valence-electron chi connectivity index (χ4n) is 3.36. The second kappa shape index (κ2) is 7.40. The van der Waals surface area contributed by atoms with Crippen LogP contribution in [0.4, 0.5) is 4.39 Å². The fourth-order valence-corrected chi connectivity index (χ4v) is 3.36. The lowest BCUT2D eigenvalue weighted by atomic mass is 10.0. The van der Waals surface area contributed by atoms with Crippen molar-refractivity contribution >= 4 is 11.7 Å². The van der Waals surface area contributed by atoms with Crippen LogP contribution in [0.2, 0.25) is 0 Å². The molecule has 3 aromatic rings. The van der Waals surface area contributed by atoms with Crippen LogP contribution in [0.1, 0.15) is 34.7 Å². The minimum absolute atomic E-state index is 0.0649. The molecule has 1 fully saturated rings. The van der Waals surface area contributed by atoms with Gasteiger partial charge in [-0.1, -0.05) is 18.2 Å². The third-order valence-corrected chi connectivity index (χ3v) is 4.91. The van der Waals surface area contributed by atoms with Crippen molar-refractivity contribution in [3.05, 3.63) is 59.4 Å². The van der Waals surface area contributed by atoms with E-state index in [-0.39, 0.29) is 23.6 Å². The molecule has 27 heavy (non-hydrogen) atoms. The van der Waals surface area contributed by atoms with Gasteiger partial charge in [-0.2, -0.15) is 4.98 Å². The van der Waals surface area contributed by atoms with Crippen molar-refractivity contribution < 1.29 is 9.18 Å². The van der Waals surface area contributed by atoms with E-state index in [1.165, 1.54) is 6.07 Å². The summed E-state index contributed by atoms with van der Waals surface area (Å²) in [6.45, 7) is 4.08. The number of aryl methyl sites for hydroxylation is 1. The lowest BCUT2D eigenvalue weighted by Crippen LogP contribution is -2.44. The number of halogens is 1. The van der Waals surface area contributed by atoms with Crippen LogP contribution in [0.5, 0.6) is 0 Å². The van der Waals surface area contributed by atoms with E-state index in [9.17, 15) is 9.18 Å². The Morgan fingerprint density at radius 3 is 2.78 bits per heavy atom. The minimum Gasteiger partial charge on any atom is -0.346 e. The molecule has 8 heteroatoms. The van der Waals surface area contributed by atoms with Crippen LogP contribution >= 0.6 is 0 Å². The molecule has 1 aliphatic rings. The number of aromatic nitrogens is 4. The van der Waals surface area contributed by atoms with Crippen LogP contribution in [-0.4, -0.2) is 49.5 Å². The first-order valence-electron chi connectivity index (χ1n) is 9.05. The number of piperidine rings is 1. The molecule has 7 nitrogen and oxygen atoms in total. The average molecular weight is 368 g/mol. The molecule has 0 unspecified atom stereocenters. The highest BCUT2D eigenvalue weighted by molar-refractivity contribution is 5.91. The van der Waals surface area contributed by atoms with Crippen LogP contribution < -0.4 is 5.32 Å². The first-order chi connectivity index (χ1) is 13.1. The zero-order chi connectivity index (χ0) is 18.8. The summed E-state index contributed by atoms with van der Waals surface area (Å²) in [4.78, 5) is 23.0. The summed E-state index contributed by atoms with van der Waals surface area (Å²) < 4.78 is 15.4. The predicted molar refractivity (Wildman–Crippen MR) is 97.7 cm³/mol. The molecule has 0 spiro atoms. The molecule has 0 saturated carbocycles. The summed E-state index contributed by atoms with van der Waals surface area (Å²) in [6, 6.07) is 8.73. The number of nitrogens with zero attached hydrogens (tertiary/aromatic N) is 5. The summed E-state index contributed by atoms with van der Waals surface area (Å²) in [5, 5.41) is 7.24. The maximum atomic E-state index is 13.8. The Bertz CT molecular complexity index is 964. The predicted octanol–water partition coefficient (Wildman–Crippen LogP) is 1.97. The van der Waals surface area contributed by atoms with E-state index in [0.717, 1.165) is 31.6 Å². The van der Waals surface area contributed by atoms with Crippen molar-refractivity contribution in [2.24, 2.45) is 0 Å². The molecular formula is C19H21FN6O. The zero-order valence-corrected chi connectivity index (χ0v) is 15.1. The highest BCUT2D eigenvalue weighted by Gasteiger charge is 2.23. The van der Waals surface area contributed by atoms with Crippen molar-refractivity contribution in [2.75, 3.05) is 13.1 Å². The van der Waals surface area contributed by atoms with Gasteiger partial charge in [0.2, 0.25) is 5.82 Å². The van der Waals surface area contributed by atoms with Gasteiger partial charge in [0.1, 0.15) is 5.82 Å². The Labute approximate surface area is 156 Å². The molecule has 0 aliphatic carbocycles. The second-order valence-corrected chi connectivity index (χ2v) is 6.85. The summed E-state index contributed by atoms with van der Waals surface area (Å²) in [5.41, 5.74) is 1.57. The van der Waals surface area contributed by atoms with Gasteiger partial charge in [0.15, 0.2) is 0 Å². The Balaban J connectivity index is 1.34. The van der Waals surface area contributed by atoms with E-state index in [4.69, 9.17) is 0 Å². The van der Waals surface area contributed by atoms with E-state index in [1.54, 1.807) is 16.8 Å². The molecule has 0 atom stereocenters. The second-order valence-electron chi connectivity index (χ2n) is 6.85. The van der Waals surface area contributed by atoms with Gasteiger partial charge in [-0.25, -0.2) is 13.9 Å². The average Bonchev–Trinajstić information content (AvgIpc) is 3.11. The maximum absolute atomic E-state index is 13.8. The Hall–Kier alpha value is -2.87. The standard InChI is InChI=1S/C19H21FN6O/c1-13-6-9-21-19-23-17(24-26(13)19)18(27)22-15-7-10-25(11-8-15)12-14-4-2-3-5-16(14)20/h2-6,9,15H,7-8,10-12H2,1H3,(H,22,27). The Kier molecular flexibility index (Phi) is 4.81. The number of amides is 1. The monoisotopic (exact) mass is 368 g/mol. The molecule has 1 amide bonds. The van der Waals surface area contributed by atoms with Gasteiger partial charge in [0.05, 0.1) is 0 Å². The molecule has 140 valence electrons. The van der Waals surface area contributed by atoms with Crippen molar-refractivity contribution in [1.29, 1.82) is 0 Å². The molecule has 1 aliphatic heterocycles. The maximum Gasteiger partial charge on any atom is 0.291 e. The third-order valence-electron chi connectivity index (χ3n) is 4.91. The van der Waals surface area contributed by atoms with Crippen LogP contribution in [0, 0.1) is 12.7 Å². The SMILES string of the molecule is Cc1ccnc2nc(C(=O)NC3CCN(Cc4ccccc4F)CC3)nn12. The van der Waals surface area contributed by atoms with Gasteiger partial charge in [0.25, 0.3) is 11.7 Å². The van der Waals surface area contributed by atoms with Crippen molar-refractivity contribution in [3.63, 3.8) is 0 Å². The molecule has 1 N–H and O–H groups in total. The number of fused-ring (bicyclic) bond motifs is 1. The molecule has 2 aromatic heterocycles. The number of rotatable bonds is 4. The van der Waals surface area contributed by atoms with Crippen molar-refractivity contribution in [2.45, 2.75) is 32.4 Å². The molecule has 0 bridgehead atoms. The third kappa shape index (κ3) is 3.80. The highest BCUT2D eigenvalue weighted by Crippen LogP contribution is 2.16. The Morgan fingerprint density at radius 2 is 2.04 bits per heavy atom. The fraction of sp³-hybridized carbons (Fsp3) is 0.368. The lowest BCUT2D eigenvalue weighted by Gasteiger charge is -2.32. The molecule has 3 heterocycles. The van der Waals surface area contributed by atoms with Gasteiger partial charge in [0, 0.05) is 43.1 Å². The number of hydrogen-bond acceptors (Lipinski definition) is 5. The van der Waals surface area contributed by atoms with Gasteiger partial charge in [-0.15, -0.1) is 5.10 Å². The van der Waals surface area contributed by atoms with E-state index in [0.29, 0.717) is 17.9 Å². The normalized spacial score (nSPS) is 15.9. The quantitative estimate of drug-likeness (QED) is 0.762. The van der Waals surface area contributed by atoms with Gasteiger partial charge in [-0.05, 0) is 31.9 Å². The molecule has 4 rings (SSSR count). The first kappa shape index (κ1) is 17.5. The van der Waals surface area contributed by atoms with Gasteiger partial charge in [-0.3, -0.25) is 9.69 Å². The number of hydrogen-bond donors (Lipinski definition) is 1. The van der Waals surface area contributed by atoms with Crippen LogP contribution in [-0.2, 0) is 6.54 Å². The summed E-state index contributed by atoms with van der Waals surface area (Å²) in [5.74, 6) is 0.0904.